The number of benzene rings is 6. The lowest BCUT2D eigenvalue weighted by Gasteiger charge is -2.15. The van der Waals surface area contributed by atoms with Crippen molar-refractivity contribution in [2.45, 2.75) is 41.5 Å². The molecule has 0 fully saturated rings. The second kappa shape index (κ2) is 10.6. The molecule has 0 aliphatic heterocycles. The van der Waals surface area contributed by atoms with Crippen LogP contribution >= 0.6 is 0 Å². The van der Waals surface area contributed by atoms with Crippen molar-refractivity contribution >= 4 is 65.4 Å². The summed E-state index contributed by atoms with van der Waals surface area (Å²) >= 11 is 0. The Labute approximate surface area is 296 Å². The van der Waals surface area contributed by atoms with E-state index < -0.39 is 0 Å². The van der Waals surface area contributed by atoms with Crippen LogP contribution in [-0.2, 0) is 0 Å². The van der Waals surface area contributed by atoms with E-state index in [0.29, 0.717) is 5.95 Å². The van der Waals surface area contributed by atoms with E-state index in [2.05, 4.69) is 171 Å². The van der Waals surface area contributed by atoms with Crippen LogP contribution in [0.4, 0.5) is 0 Å². The highest BCUT2D eigenvalue weighted by atomic mass is 15.2. The van der Waals surface area contributed by atoms with E-state index in [-0.39, 0.29) is 0 Å². The molecule has 4 heterocycles. The fourth-order valence-corrected chi connectivity index (χ4v) is 8.20. The first-order valence-corrected chi connectivity index (χ1v) is 17.7. The summed E-state index contributed by atoms with van der Waals surface area (Å²) in [5.74, 6) is 2.29. The maximum atomic E-state index is 5.51. The molecule has 5 heteroatoms. The van der Waals surface area contributed by atoms with Gasteiger partial charge in [-0.2, -0.15) is 9.97 Å². The number of aromatic nitrogens is 5. The predicted octanol–water partition coefficient (Wildman–Crippen LogP) is 11.6. The highest BCUT2D eigenvalue weighted by Gasteiger charge is 2.22. The van der Waals surface area contributed by atoms with Crippen molar-refractivity contribution < 1.29 is 0 Å². The summed E-state index contributed by atoms with van der Waals surface area (Å²) in [5.41, 5.74) is 14.1. The van der Waals surface area contributed by atoms with Gasteiger partial charge in [-0.05, 0) is 114 Å². The monoisotopic (exact) mass is 659 g/mol. The molecule has 0 radical (unpaired) electrons. The Morgan fingerprint density at radius 3 is 0.784 bits per heavy atom. The van der Waals surface area contributed by atoms with E-state index in [9.17, 15) is 0 Å². The van der Waals surface area contributed by atoms with E-state index in [0.717, 1.165) is 44.7 Å². The average molecular weight is 660 g/mol. The summed E-state index contributed by atoms with van der Waals surface area (Å²) in [5, 5.41) is 7.30. The molecule has 4 aromatic heterocycles. The van der Waals surface area contributed by atoms with Crippen molar-refractivity contribution in [3.63, 3.8) is 0 Å². The second-order valence-electron chi connectivity index (χ2n) is 14.5. The summed E-state index contributed by atoms with van der Waals surface area (Å²) in [6, 6.07) is 42.5. The highest BCUT2D eigenvalue weighted by Crippen LogP contribution is 2.38. The standard InChI is InChI=1S/C46H37N5/c1-26-7-13-38-32(19-26)33-20-27(2)8-14-39(33)49(38)44-25-45(50-40-15-9-28(3)21-34(40)35-22-29(4)10-16-41(35)50)48-46(47-44)51-42-17-11-30(5)23-36(42)37-24-31(6)12-18-43(37)51/h7-25H,1-6H3. The van der Waals surface area contributed by atoms with Crippen LogP contribution in [-0.4, -0.2) is 23.7 Å². The van der Waals surface area contributed by atoms with E-state index in [4.69, 9.17) is 9.97 Å². The Balaban J connectivity index is 1.38. The van der Waals surface area contributed by atoms with E-state index in [1.807, 2.05) is 0 Å². The maximum Gasteiger partial charge on any atom is 0.238 e. The van der Waals surface area contributed by atoms with Crippen molar-refractivity contribution in [1.29, 1.82) is 0 Å². The number of aryl methyl sites for hydroxylation is 6. The molecule has 0 saturated heterocycles. The predicted molar refractivity (Wildman–Crippen MR) is 213 cm³/mol. The topological polar surface area (TPSA) is 40.6 Å². The minimum absolute atomic E-state index is 0.638. The molecule has 0 aliphatic rings. The lowest BCUT2D eigenvalue weighted by Crippen LogP contribution is -2.10. The number of hydrogen-bond donors (Lipinski definition) is 0. The largest absolute Gasteiger partial charge is 0.294 e. The fourth-order valence-electron chi connectivity index (χ4n) is 8.20. The molecule has 246 valence electrons. The molecule has 10 aromatic rings. The average Bonchev–Trinajstić information content (AvgIpc) is 3.72. The van der Waals surface area contributed by atoms with Crippen LogP contribution in [0.3, 0.4) is 0 Å². The Hall–Kier alpha value is -6.20. The number of hydrogen-bond acceptors (Lipinski definition) is 2. The van der Waals surface area contributed by atoms with Crippen molar-refractivity contribution in [1.82, 2.24) is 23.7 Å². The molecule has 5 nitrogen and oxygen atoms in total. The van der Waals surface area contributed by atoms with Gasteiger partial charge in [0.2, 0.25) is 5.95 Å². The number of fused-ring (bicyclic) bond motifs is 9. The zero-order valence-corrected chi connectivity index (χ0v) is 29.7. The fraction of sp³-hybridized carbons (Fsp3) is 0.130. The molecule has 0 amide bonds. The van der Waals surface area contributed by atoms with Crippen LogP contribution in [0.25, 0.3) is 83.0 Å². The molecule has 0 bridgehead atoms. The lowest BCUT2D eigenvalue weighted by atomic mass is 10.1. The van der Waals surface area contributed by atoms with Crippen molar-refractivity contribution in [2.75, 3.05) is 0 Å². The molecule has 0 aliphatic carbocycles. The zero-order valence-electron chi connectivity index (χ0n) is 29.7. The van der Waals surface area contributed by atoms with E-state index >= 15 is 0 Å². The summed E-state index contributed by atoms with van der Waals surface area (Å²) < 4.78 is 6.89. The van der Waals surface area contributed by atoms with Crippen LogP contribution in [0.2, 0.25) is 0 Å². The summed E-state index contributed by atoms with van der Waals surface area (Å²) in [7, 11) is 0. The number of nitrogens with zero attached hydrogens (tertiary/aromatic N) is 5. The Kier molecular flexibility index (Phi) is 6.20. The normalized spacial score (nSPS) is 12.1. The van der Waals surface area contributed by atoms with Gasteiger partial charge < -0.3 is 0 Å². The van der Waals surface area contributed by atoms with Gasteiger partial charge in [-0.1, -0.05) is 69.8 Å². The maximum absolute atomic E-state index is 5.51. The van der Waals surface area contributed by atoms with Crippen molar-refractivity contribution in [3.8, 4) is 17.6 Å². The summed E-state index contributed by atoms with van der Waals surface area (Å²) in [4.78, 5) is 11.0. The summed E-state index contributed by atoms with van der Waals surface area (Å²) in [6.07, 6.45) is 0. The molecule has 10 rings (SSSR count). The zero-order chi connectivity index (χ0) is 34.7. The lowest BCUT2D eigenvalue weighted by molar-refractivity contribution is 0.918. The highest BCUT2D eigenvalue weighted by molar-refractivity contribution is 6.12. The molecular weight excluding hydrogens is 623 g/mol. The van der Waals surface area contributed by atoms with Crippen LogP contribution < -0.4 is 0 Å². The van der Waals surface area contributed by atoms with Gasteiger partial charge >= 0.3 is 0 Å². The van der Waals surface area contributed by atoms with Gasteiger partial charge in [-0.15, -0.1) is 0 Å². The second-order valence-corrected chi connectivity index (χ2v) is 14.5. The van der Waals surface area contributed by atoms with Gasteiger partial charge in [-0.3, -0.25) is 13.7 Å². The van der Waals surface area contributed by atoms with Crippen molar-refractivity contribution in [3.05, 3.63) is 149 Å². The first-order chi connectivity index (χ1) is 24.7. The molecule has 0 unspecified atom stereocenters. The van der Waals surface area contributed by atoms with Gasteiger partial charge in [0.15, 0.2) is 0 Å². The molecule has 0 atom stereocenters. The van der Waals surface area contributed by atoms with Crippen LogP contribution in [0.5, 0.6) is 0 Å². The summed E-state index contributed by atoms with van der Waals surface area (Å²) in [6.45, 7) is 13.0. The molecule has 0 saturated carbocycles. The molecular formula is C46H37N5. The van der Waals surface area contributed by atoms with Gasteiger partial charge in [-0.25, -0.2) is 0 Å². The molecule has 0 N–H and O–H groups in total. The Morgan fingerprint density at radius 1 is 0.294 bits per heavy atom. The Morgan fingerprint density at radius 2 is 0.529 bits per heavy atom. The molecule has 0 spiro atoms. The van der Waals surface area contributed by atoms with Gasteiger partial charge in [0, 0.05) is 38.4 Å². The first kappa shape index (κ1) is 29.7. The Bertz CT molecular complexity index is 2570. The minimum Gasteiger partial charge on any atom is -0.294 e. The van der Waals surface area contributed by atoms with Crippen LogP contribution in [0, 0.1) is 41.5 Å². The third kappa shape index (κ3) is 4.41. The minimum atomic E-state index is 0.638. The third-order valence-corrected chi connectivity index (χ3v) is 10.6. The van der Waals surface area contributed by atoms with Gasteiger partial charge in [0.1, 0.15) is 11.6 Å². The van der Waals surface area contributed by atoms with Crippen LogP contribution in [0.1, 0.15) is 33.4 Å². The van der Waals surface area contributed by atoms with Gasteiger partial charge in [0.25, 0.3) is 0 Å². The van der Waals surface area contributed by atoms with Gasteiger partial charge in [0.05, 0.1) is 33.1 Å². The number of rotatable bonds is 3. The molecule has 51 heavy (non-hydrogen) atoms. The first-order valence-electron chi connectivity index (χ1n) is 17.7. The quantitative estimate of drug-likeness (QED) is 0.189. The smallest absolute Gasteiger partial charge is 0.238 e. The molecule has 6 aromatic carbocycles. The van der Waals surface area contributed by atoms with Crippen molar-refractivity contribution in [2.24, 2.45) is 0 Å². The van der Waals surface area contributed by atoms with E-state index in [1.54, 1.807) is 0 Å². The SMILES string of the molecule is Cc1ccc2c(c1)c1cc(C)ccc1n2-c1cc(-n2c3ccc(C)cc3c3cc(C)ccc32)nc(-n2c3ccc(C)cc3c3cc(C)ccc32)n1. The van der Waals surface area contributed by atoms with Crippen LogP contribution in [0.15, 0.2) is 115 Å². The third-order valence-electron chi connectivity index (χ3n) is 10.6. The van der Waals surface area contributed by atoms with E-state index in [1.165, 1.54) is 65.7 Å².